The fourth-order valence-corrected chi connectivity index (χ4v) is 4.05. The minimum Gasteiger partial charge on any atom is -0.474 e. The Balaban J connectivity index is 1.43. The summed E-state index contributed by atoms with van der Waals surface area (Å²) >= 11 is 1.51. The molecule has 28 heavy (non-hydrogen) atoms. The molecule has 3 heterocycles. The van der Waals surface area contributed by atoms with E-state index >= 15 is 0 Å². The highest BCUT2D eigenvalue weighted by atomic mass is 32.1. The molecule has 7 nitrogen and oxygen atoms in total. The molecule has 0 saturated carbocycles. The van der Waals surface area contributed by atoms with Gasteiger partial charge in [0.2, 0.25) is 5.88 Å². The number of aliphatic hydroxyl groups is 1. The molecule has 3 aromatic rings. The highest BCUT2D eigenvalue weighted by Crippen LogP contribution is 2.28. The van der Waals surface area contributed by atoms with Crippen molar-refractivity contribution in [1.29, 1.82) is 0 Å². The third-order valence-corrected chi connectivity index (χ3v) is 5.50. The third-order valence-electron chi connectivity index (χ3n) is 4.89. The largest absolute Gasteiger partial charge is 0.474 e. The summed E-state index contributed by atoms with van der Waals surface area (Å²) in [6, 6.07) is 6.25. The monoisotopic (exact) mass is 399 g/mol. The number of hydrogen-bond donors (Lipinski definition) is 1. The third kappa shape index (κ3) is 4.24. The zero-order valence-electron chi connectivity index (χ0n) is 16.2. The van der Waals surface area contributed by atoms with Gasteiger partial charge in [0.15, 0.2) is 0 Å². The molecule has 1 aliphatic heterocycles. The van der Waals surface area contributed by atoms with E-state index in [0.717, 1.165) is 48.5 Å². The molecule has 1 saturated heterocycles. The van der Waals surface area contributed by atoms with Crippen LogP contribution in [0.25, 0.3) is 10.9 Å². The van der Waals surface area contributed by atoms with E-state index in [0.29, 0.717) is 12.4 Å². The van der Waals surface area contributed by atoms with E-state index in [1.807, 2.05) is 25.3 Å². The average Bonchev–Trinajstić information content (AvgIpc) is 3.23. The van der Waals surface area contributed by atoms with E-state index in [9.17, 15) is 5.11 Å². The van der Waals surface area contributed by atoms with Gasteiger partial charge < -0.3 is 14.7 Å². The zero-order chi connectivity index (χ0) is 19.5. The standard InChI is InChI=1S/C20H25N5O2S/c1-14(2)27-20-16-9-15(3-4-17(16)21-12-22-20)25-7-5-24(6-8-25)10-19(26)18-11-28-13-23-18/h3-4,9,11-14,19,26H,5-8,10H2,1-2H3. The predicted octanol–water partition coefficient (Wildman–Crippen LogP) is 2.73. The number of fused-ring (bicyclic) bond motifs is 1. The second kappa shape index (κ2) is 8.38. The molecule has 1 unspecified atom stereocenters. The molecule has 148 valence electrons. The first kappa shape index (κ1) is 19.0. The van der Waals surface area contributed by atoms with Crippen molar-refractivity contribution in [3.63, 3.8) is 0 Å². The van der Waals surface area contributed by atoms with Crippen LogP contribution in [0.2, 0.25) is 0 Å². The lowest BCUT2D eigenvalue weighted by Gasteiger charge is -2.36. The van der Waals surface area contributed by atoms with Gasteiger partial charge in [0.05, 0.1) is 28.2 Å². The molecule has 1 aromatic carbocycles. The Morgan fingerprint density at radius 3 is 2.68 bits per heavy atom. The summed E-state index contributed by atoms with van der Waals surface area (Å²) in [5, 5.41) is 13.2. The highest BCUT2D eigenvalue weighted by Gasteiger charge is 2.21. The van der Waals surface area contributed by atoms with Crippen LogP contribution in [-0.4, -0.2) is 63.8 Å². The molecule has 8 heteroatoms. The minimum absolute atomic E-state index is 0.0643. The molecule has 0 radical (unpaired) electrons. The molecule has 4 rings (SSSR count). The van der Waals surface area contributed by atoms with Crippen LogP contribution in [-0.2, 0) is 0 Å². The molecular formula is C20H25N5O2S. The van der Waals surface area contributed by atoms with Crippen LogP contribution in [0.4, 0.5) is 5.69 Å². The number of benzene rings is 1. The fraction of sp³-hybridized carbons (Fsp3) is 0.450. The van der Waals surface area contributed by atoms with Crippen LogP contribution >= 0.6 is 11.3 Å². The zero-order valence-corrected chi connectivity index (χ0v) is 17.0. The van der Waals surface area contributed by atoms with Crippen LogP contribution < -0.4 is 9.64 Å². The second-order valence-electron chi connectivity index (χ2n) is 7.26. The van der Waals surface area contributed by atoms with E-state index in [-0.39, 0.29) is 6.10 Å². The maximum absolute atomic E-state index is 10.3. The molecule has 1 atom stereocenters. The van der Waals surface area contributed by atoms with Gasteiger partial charge in [-0.05, 0) is 32.0 Å². The van der Waals surface area contributed by atoms with Gasteiger partial charge in [-0.2, -0.15) is 0 Å². The van der Waals surface area contributed by atoms with Crippen molar-refractivity contribution in [1.82, 2.24) is 19.9 Å². The Hall–Kier alpha value is -2.29. The van der Waals surface area contributed by atoms with Crippen LogP contribution in [0.5, 0.6) is 5.88 Å². The van der Waals surface area contributed by atoms with Crippen molar-refractivity contribution in [2.45, 2.75) is 26.1 Å². The Labute approximate surface area is 168 Å². The van der Waals surface area contributed by atoms with Crippen molar-refractivity contribution in [3.8, 4) is 5.88 Å². The number of piperazine rings is 1. The Morgan fingerprint density at radius 2 is 1.96 bits per heavy atom. The molecule has 0 aliphatic carbocycles. The molecule has 1 aliphatic rings. The van der Waals surface area contributed by atoms with E-state index in [2.05, 4.69) is 36.9 Å². The van der Waals surface area contributed by atoms with Gasteiger partial charge in [0.1, 0.15) is 12.4 Å². The van der Waals surface area contributed by atoms with E-state index in [1.165, 1.54) is 11.3 Å². The molecule has 0 amide bonds. The number of aromatic nitrogens is 3. The van der Waals surface area contributed by atoms with Crippen LogP contribution in [0.3, 0.4) is 0 Å². The van der Waals surface area contributed by atoms with Gasteiger partial charge in [0, 0.05) is 43.8 Å². The summed E-state index contributed by atoms with van der Waals surface area (Å²) < 4.78 is 5.86. The van der Waals surface area contributed by atoms with Gasteiger partial charge in [-0.15, -0.1) is 11.3 Å². The van der Waals surface area contributed by atoms with E-state index < -0.39 is 6.10 Å². The number of ether oxygens (including phenoxy) is 1. The molecule has 0 bridgehead atoms. The normalized spacial score (nSPS) is 16.6. The number of nitrogens with zero attached hydrogens (tertiary/aromatic N) is 5. The fourth-order valence-electron chi connectivity index (χ4n) is 3.45. The smallest absolute Gasteiger partial charge is 0.224 e. The maximum Gasteiger partial charge on any atom is 0.224 e. The lowest BCUT2D eigenvalue weighted by Crippen LogP contribution is -2.47. The number of thiazole rings is 1. The predicted molar refractivity (Wildman–Crippen MR) is 111 cm³/mol. The van der Waals surface area contributed by atoms with Crippen LogP contribution in [0, 0.1) is 0 Å². The minimum atomic E-state index is -0.522. The second-order valence-corrected chi connectivity index (χ2v) is 7.98. The Morgan fingerprint density at radius 1 is 1.14 bits per heavy atom. The van der Waals surface area contributed by atoms with Crippen molar-refractivity contribution in [3.05, 3.63) is 41.1 Å². The van der Waals surface area contributed by atoms with Gasteiger partial charge >= 0.3 is 0 Å². The quantitative estimate of drug-likeness (QED) is 0.683. The van der Waals surface area contributed by atoms with Crippen LogP contribution in [0.15, 0.2) is 35.4 Å². The topological polar surface area (TPSA) is 74.6 Å². The van der Waals surface area contributed by atoms with Gasteiger partial charge in [-0.3, -0.25) is 4.90 Å². The van der Waals surface area contributed by atoms with Gasteiger partial charge in [-0.1, -0.05) is 0 Å². The van der Waals surface area contributed by atoms with Gasteiger partial charge in [0.25, 0.3) is 0 Å². The average molecular weight is 400 g/mol. The summed E-state index contributed by atoms with van der Waals surface area (Å²) in [6.07, 6.45) is 1.09. The molecular weight excluding hydrogens is 374 g/mol. The summed E-state index contributed by atoms with van der Waals surface area (Å²) in [6.45, 7) is 8.23. The highest BCUT2D eigenvalue weighted by molar-refractivity contribution is 7.07. The first-order valence-corrected chi connectivity index (χ1v) is 10.5. The number of anilines is 1. The number of hydrogen-bond acceptors (Lipinski definition) is 8. The maximum atomic E-state index is 10.3. The summed E-state index contributed by atoms with van der Waals surface area (Å²) in [5.74, 6) is 0.631. The SMILES string of the molecule is CC(C)Oc1ncnc2ccc(N3CCN(CC(O)c4cscn4)CC3)cc12. The van der Waals surface area contributed by atoms with Gasteiger partial charge in [-0.25, -0.2) is 15.0 Å². The molecule has 2 aromatic heterocycles. The molecule has 0 spiro atoms. The first-order valence-electron chi connectivity index (χ1n) is 9.55. The lowest BCUT2D eigenvalue weighted by molar-refractivity contribution is 0.107. The summed E-state index contributed by atoms with van der Waals surface area (Å²) in [7, 11) is 0. The molecule has 1 N–H and O–H groups in total. The summed E-state index contributed by atoms with van der Waals surface area (Å²) in [5.41, 5.74) is 4.56. The van der Waals surface area contributed by atoms with Crippen molar-refractivity contribution in [2.75, 3.05) is 37.6 Å². The number of aliphatic hydroxyl groups excluding tert-OH is 1. The Kier molecular flexibility index (Phi) is 5.70. The van der Waals surface area contributed by atoms with E-state index in [1.54, 1.807) is 11.8 Å². The number of β-amino-alcohol motifs (C(OH)–C–C–N with tert-alkyl or cyclic N) is 1. The Bertz CT molecular complexity index is 910. The van der Waals surface area contributed by atoms with E-state index in [4.69, 9.17) is 4.74 Å². The first-order chi connectivity index (χ1) is 13.6. The van der Waals surface area contributed by atoms with Crippen LogP contribution in [0.1, 0.15) is 25.6 Å². The van der Waals surface area contributed by atoms with Crippen molar-refractivity contribution >= 4 is 27.9 Å². The van der Waals surface area contributed by atoms with Crippen molar-refractivity contribution in [2.24, 2.45) is 0 Å². The van der Waals surface area contributed by atoms with Crippen molar-refractivity contribution < 1.29 is 9.84 Å². The summed E-state index contributed by atoms with van der Waals surface area (Å²) in [4.78, 5) is 17.5. The molecule has 1 fully saturated rings. The lowest BCUT2D eigenvalue weighted by atomic mass is 10.1. The number of rotatable bonds is 6.